The molecule has 12 heavy (non-hydrogen) atoms. The van der Waals surface area contributed by atoms with Crippen molar-refractivity contribution in [2.75, 3.05) is 0 Å². The summed E-state index contributed by atoms with van der Waals surface area (Å²) >= 11 is 0. The van der Waals surface area contributed by atoms with Crippen LogP contribution in [0.3, 0.4) is 0 Å². The van der Waals surface area contributed by atoms with E-state index >= 15 is 0 Å². The van der Waals surface area contributed by atoms with E-state index in [0.29, 0.717) is 5.92 Å². The molecule has 1 saturated carbocycles. The fourth-order valence-electron chi connectivity index (χ4n) is 1.42. The summed E-state index contributed by atoms with van der Waals surface area (Å²) in [5, 5.41) is 0. The van der Waals surface area contributed by atoms with Gasteiger partial charge in [-0.1, -0.05) is 19.9 Å². The molecule has 0 radical (unpaired) electrons. The lowest BCUT2D eigenvalue weighted by Gasteiger charge is -2.04. The predicted octanol–water partition coefficient (Wildman–Crippen LogP) is 3.08. The van der Waals surface area contributed by atoms with E-state index in [1.165, 1.54) is 24.1 Å². The molecule has 0 aromatic carbocycles. The minimum absolute atomic E-state index is 0.554. The first-order valence-electron chi connectivity index (χ1n) is 4.73. The van der Waals surface area contributed by atoms with Gasteiger partial charge in [-0.15, -0.1) is 0 Å². The van der Waals surface area contributed by atoms with E-state index in [0.717, 1.165) is 5.92 Å². The van der Waals surface area contributed by atoms with E-state index in [4.69, 9.17) is 0 Å². The average molecular weight is 161 g/mol. The fraction of sp³-hybridized carbons (Fsp3) is 0.545. The monoisotopic (exact) mass is 161 g/mol. The molecular formula is C11H15N. The highest BCUT2D eigenvalue weighted by Crippen LogP contribution is 2.39. The molecule has 0 amide bonds. The Morgan fingerprint density at radius 1 is 1.33 bits per heavy atom. The van der Waals surface area contributed by atoms with Crippen LogP contribution in [0.15, 0.2) is 18.3 Å². The van der Waals surface area contributed by atoms with Crippen molar-refractivity contribution in [2.24, 2.45) is 0 Å². The molecule has 2 rings (SSSR count). The van der Waals surface area contributed by atoms with Gasteiger partial charge in [0.25, 0.3) is 0 Å². The quantitative estimate of drug-likeness (QED) is 0.649. The van der Waals surface area contributed by atoms with Crippen LogP contribution in [0.2, 0.25) is 0 Å². The van der Waals surface area contributed by atoms with Crippen molar-refractivity contribution < 1.29 is 0 Å². The van der Waals surface area contributed by atoms with Crippen LogP contribution < -0.4 is 0 Å². The average Bonchev–Trinajstić information content (AvgIpc) is 2.87. The van der Waals surface area contributed by atoms with Crippen molar-refractivity contribution in [1.82, 2.24) is 4.98 Å². The van der Waals surface area contributed by atoms with Gasteiger partial charge in [0, 0.05) is 11.9 Å². The van der Waals surface area contributed by atoms with Crippen molar-refractivity contribution in [3.63, 3.8) is 0 Å². The second-order valence-corrected chi connectivity index (χ2v) is 3.95. The minimum atomic E-state index is 0.554. The Morgan fingerprint density at radius 2 is 2.08 bits per heavy atom. The topological polar surface area (TPSA) is 12.9 Å². The fourth-order valence-corrected chi connectivity index (χ4v) is 1.42. The molecule has 0 unspecified atom stereocenters. The van der Waals surface area contributed by atoms with Crippen LogP contribution in [0.4, 0.5) is 0 Å². The largest absolute Gasteiger partial charge is 0.261 e. The SMILES string of the molecule is CC(C)c1ccc(C2CC2)cn1. The molecule has 1 heteroatoms. The standard InChI is InChI=1S/C11H15N/c1-8(2)11-6-5-10(7-12-11)9-3-4-9/h5-9H,3-4H2,1-2H3. The van der Waals surface area contributed by atoms with Gasteiger partial charge in [-0.05, 0) is 36.3 Å². The van der Waals surface area contributed by atoms with E-state index in [-0.39, 0.29) is 0 Å². The highest BCUT2D eigenvalue weighted by atomic mass is 14.7. The first kappa shape index (κ1) is 7.78. The number of rotatable bonds is 2. The summed E-state index contributed by atoms with van der Waals surface area (Å²) in [7, 11) is 0. The smallest absolute Gasteiger partial charge is 0.0429 e. The summed E-state index contributed by atoms with van der Waals surface area (Å²) in [6, 6.07) is 4.40. The molecular weight excluding hydrogens is 146 g/mol. The number of hydrogen-bond donors (Lipinski definition) is 0. The van der Waals surface area contributed by atoms with Gasteiger partial charge in [-0.3, -0.25) is 4.98 Å². The minimum Gasteiger partial charge on any atom is -0.261 e. The third-order valence-electron chi connectivity index (χ3n) is 2.45. The summed E-state index contributed by atoms with van der Waals surface area (Å²) in [5.41, 5.74) is 2.64. The zero-order chi connectivity index (χ0) is 8.55. The molecule has 1 fully saturated rings. The molecule has 1 aliphatic rings. The maximum Gasteiger partial charge on any atom is 0.0429 e. The lowest BCUT2D eigenvalue weighted by molar-refractivity contribution is 0.818. The summed E-state index contributed by atoms with van der Waals surface area (Å²) < 4.78 is 0. The van der Waals surface area contributed by atoms with Crippen LogP contribution in [0.1, 0.15) is 49.8 Å². The van der Waals surface area contributed by atoms with Crippen LogP contribution in [0, 0.1) is 0 Å². The Bertz CT molecular complexity index is 236. The molecule has 0 bridgehead atoms. The van der Waals surface area contributed by atoms with E-state index in [1.807, 2.05) is 6.20 Å². The molecule has 0 atom stereocenters. The first-order valence-corrected chi connectivity index (χ1v) is 4.73. The van der Waals surface area contributed by atoms with Gasteiger partial charge in [0.05, 0.1) is 0 Å². The van der Waals surface area contributed by atoms with Crippen LogP contribution in [-0.2, 0) is 0 Å². The molecule has 0 spiro atoms. The molecule has 1 nitrogen and oxygen atoms in total. The molecule has 1 aromatic heterocycles. The zero-order valence-electron chi connectivity index (χ0n) is 7.75. The Balaban J connectivity index is 2.18. The van der Waals surface area contributed by atoms with Gasteiger partial charge < -0.3 is 0 Å². The zero-order valence-corrected chi connectivity index (χ0v) is 7.75. The van der Waals surface area contributed by atoms with Gasteiger partial charge in [0.2, 0.25) is 0 Å². The highest BCUT2D eigenvalue weighted by molar-refractivity contribution is 5.23. The summed E-state index contributed by atoms with van der Waals surface area (Å²) in [4.78, 5) is 4.44. The third-order valence-corrected chi connectivity index (χ3v) is 2.45. The van der Waals surface area contributed by atoms with Crippen molar-refractivity contribution in [2.45, 2.75) is 38.5 Å². The molecule has 0 saturated heterocycles. The van der Waals surface area contributed by atoms with E-state index < -0.39 is 0 Å². The Morgan fingerprint density at radius 3 is 2.50 bits per heavy atom. The molecule has 64 valence electrons. The van der Waals surface area contributed by atoms with Crippen molar-refractivity contribution in [3.8, 4) is 0 Å². The summed E-state index contributed by atoms with van der Waals surface area (Å²) in [5.74, 6) is 1.39. The summed E-state index contributed by atoms with van der Waals surface area (Å²) in [6.07, 6.45) is 4.78. The molecule has 1 aliphatic carbocycles. The molecule has 1 aromatic rings. The Kier molecular flexibility index (Phi) is 1.87. The normalized spacial score (nSPS) is 16.9. The lowest BCUT2D eigenvalue weighted by Crippen LogP contribution is -1.92. The second kappa shape index (κ2) is 2.89. The van der Waals surface area contributed by atoms with Crippen molar-refractivity contribution in [1.29, 1.82) is 0 Å². The van der Waals surface area contributed by atoms with Gasteiger partial charge >= 0.3 is 0 Å². The van der Waals surface area contributed by atoms with Gasteiger partial charge in [-0.2, -0.15) is 0 Å². The number of pyridine rings is 1. The van der Waals surface area contributed by atoms with Crippen LogP contribution >= 0.6 is 0 Å². The highest BCUT2D eigenvalue weighted by Gasteiger charge is 2.23. The van der Waals surface area contributed by atoms with Gasteiger partial charge in [0.15, 0.2) is 0 Å². The first-order chi connectivity index (χ1) is 5.77. The van der Waals surface area contributed by atoms with Crippen LogP contribution in [0.25, 0.3) is 0 Å². The van der Waals surface area contributed by atoms with Gasteiger partial charge in [0.1, 0.15) is 0 Å². The van der Waals surface area contributed by atoms with E-state index in [9.17, 15) is 0 Å². The number of hydrogen-bond acceptors (Lipinski definition) is 1. The van der Waals surface area contributed by atoms with Crippen LogP contribution in [0.5, 0.6) is 0 Å². The maximum absolute atomic E-state index is 4.44. The maximum atomic E-state index is 4.44. The third kappa shape index (κ3) is 1.50. The summed E-state index contributed by atoms with van der Waals surface area (Å²) in [6.45, 7) is 4.36. The molecule has 1 heterocycles. The lowest BCUT2D eigenvalue weighted by atomic mass is 10.1. The number of nitrogens with zero attached hydrogens (tertiary/aromatic N) is 1. The second-order valence-electron chi connectivity index (χ2n) is 3.95. The van der Waals surface area contributed by atoms with Crippen LogP contribution in [-0.4, -0.2) is 4.98 Å². The van der Waals surface area contributed by atoms with E-state index in [2.05, 4.69) is 31.0 Å². The number of aromatic nitrogens is 1. The molecule has 0 N–H and O–H groups in total. The van der Waals surface area contributed by atoms with Gasteiger partial charge in [-0.25, -0.2) is 0 Å². The van der Waals surface area contributed by atoms with E-state index in [1.54, 1.807) is 0 Å². The van der Waals surface area contributed by atoms with Crippen molar-refractivity contribution >= 4 is 0 Å². The Hall–Kier alpha value is -0.850. The Labute approximate surface area is 73.8 Å². The molecule has 0 aliphatic heterocycles. The predicted molar refractivity (Wildman–Crippen MR) is 50.3 cm³/mol. The van der Waals surface area contributed by atoms with Crippen molar-refractivity contribution in [3.05, 3.63) is 29.6 Å².